The lowest BCUT2D eigenvalue weighted by molar-refractivity contribution is -0.143. The third kappa shape index (κ3) is 4.59. The van der Waals surface area contributed by atoms with Gasteiger partial charge >= 0.3 is 5.97 Å². The summed E-state index contributed by atoms with van der Waals surface area (Å²) in [4.78, 5) is 22.6. The van der Waals surface area contributed by atoms with Crippen LogP contribution in [0.5, 0.6) is 0 Å². The number of carbonyl (C=O) groups is 2. The van der Waals surface area contributed by atoms with Crippen molar-refractivity contribution in [3.63, 3.8) is 0 Å². The number of nitrogens with zero attached hydrogens (tertiary/aromatic N) is 2. The third-order valence-electron chi connectivity index (χ3n) is 3.21. The van der Waals surface area contributed by atoms with E-state index in [9.17, 15) is 9.59 Å². The van der Waals surface area contributed by atoms with Gasteiger partial charge in [0.25, 0.3) is 0 Å². The van der Waals surface area contributed by atoms with Crippen molar-refractivity contribution < 1.29 is 14.3 Å². The van der Waals surface area contributed by atoms with E-state index in [0.29, 0.717) is 5.92 Å². The topological polar surface area (TPSA) is 72.1 Å². The molecule has 118 valence electrons. The number of esters is 1. The molecule has 0 atom stereocenters. The molecule has 0 saturated carbocycles. The summed E-state index contributed by atoms with van der Waals surface area (Å²) in [6, 6.07) is 3.77. The summed E-state index contributed by atoms with van der Waals surface area (Å²) in [5.74, 6) is -0.537. The molecule has 0 spiro atoms. The monoisotopic (exact) mass is 302 g/mol. The first-order valence-electron chi connectivity index (χ1n) is 7.21. The van der Waals surface area contributed by atoms with E-state index >= 15 is 0 Å². The minimum atomic E-state index is -0.772. The number of aromatic nitrogens is 1. The molecule has 0 aliphatic rings. The molecule has 0 saturated heterocycles. The van der Waals surface area contributed by atoms with E-state index in [2.05, 4.69) is 18.4 Å². The molecule has 1 rings (SSSR count). The number of hydrogen-bond acceptors (Lipinski definition) is 4. The maximum Gasteiger partial charge on any atom is 0.349 e. The predicted molar refractivity (Wildman–Crippen MR) is 84.0 cm³/mol. The van der Waals surface area contributed by atoms with Crippen molar-refractivity contribution in [2.24, 2.45) is 5.92 Å². The van der Waals surface area contributed by atoms with Crippen molar-refractivity contribution in [1.29, 1.82) is 5.26 Å². The van der Waals surface area contributed by atoms with Crippen LogP contribution in [0.25, 0.3) is 6.08 Å². The lowest BCUT2D eigenvalue weighted by Gasteiger charge is -2.12. The number of nitriles is 1. The molecule has 0 N–H and O–H groups in total. The molecule has 22 heavy (non-hydrogen) atoms. The van der Waals surface area contributed by atoms with Crippen LogP contribution in [0.15, 0.2) is 11.6 Å². The maximum atomic E-state index is 11.8. The second kappa shape index (κ2) is 7.60. The Morgan fingerprint density at radius 3 is 2.55 bits per heavy atom. The highest BCUT2D eigenvalue weighted by atomic mass is 16.5. The van der Waals surface area contributed by atoms with Crippen LogP contribution in [0, 0.1) is 31.1 Å². The summed E-state index contributed by atoms with van der Waals surface area (Å²) in [5.41, 5.74) is 2.78. The van der Waals surface area contributed by atoms with Gasteiger partial charge in [-0.1, -0.05) is 13.8 Å². The first-order valence-corrected chi connectivity index (χ1v) is 7.21. The number of rotatable bonds is 6. The quantitative estimate of drug-likeness (QED) is 0.460. The first kappa shape index (κ1) is 17.7. The van der Waals surface area contributed by atoms with Gasteiger partial charge in [0.2, 0.25) is 0 Å². The van der Waals surface area contributed by atoms with Crippen molar-refractivity contribution in [2.75, 3.05) is 6.61 Å². The standard InChI is InChI=1S/C17H22N2O3/c1-11(2)9-19-12(3)6-15(14(19)5)7-16(8-18)17(21)22-10-13(4)20/h6-7,11H,9-10H2,1-5H3/b16-7+. The van der Waals surface area contributed by atoms with Gasteiger partial charge in [0.05, 0.1) is 0 Å². The van der Waals surface area contributed by atoms with Crippen molar-refractivity contribution in [1.82, 2.24) is 4.57 Å². The Morgan fingerprint density at radius 1 is 1.41 bits per heavy atom. The zero-order valence-corrected chi connectivity index (χ0v) is 13.8. The van der Waals surface area contributed by atoms with E-state index < -0.39 is 5.97 Å². The molecule has 0 aromatic carbocycles. The summed E-state index contributed by atoms with van der Waals surface area (Å²) < 4.78 is 6.94. The predicted octanol–water partition coefficient (Wildman–Crippen LogP) is 2.80. The van der Waals surface area contributed by atoms with Crippen LogP contribution < -0.4 is 0 Å². The minimum absolute atomic E-state index is 0.106. The number of ketones is 1. The largest absolute Gasteiger partial charge is 0.454 e. The van der Waals surface area contributed by atoms with E-state index in [1.807, 2.05) is 26.0 Å². The number of carbonyl (C=O) groups excluding carboxylic acids is 2. The van der Waals surface area contributed by atoms with Gasteiger partial charge in [0, 0.05) is 17.9 Å². The van der Waals surface area contributed by atoms with E-state index in [0.717, 1.165) is 23.5 Å². The molecule has 1 heterocycles. The van der Waals surface area contributed by atoms with Gasteiger partial charge in [-0.25, -0.2) is 4.79 Å². The fraction of sp³-hybridized carbons (Fsp3) is 0.471. The number of hydrogen-bond donors (Lipinski definition) is 0. The Labute approximate surface area is 131 Å². The van der Waals surface area contributed by atoms with Gasteiger partial charge in [-0.05, 0) is 44.4 Å². The van der Waals surface area contributed by atoms with Crippen LogP contribution in [0.2, 0.25) is 0 Å². The Bertz CT molecular complexity index is 646. The van der Waals surface area contributed by atoms with Gasteiger partial charge in [-0.15, -0.1) is 0 Å². The molecule has 0 unspecified atom stereocenters. The van der Waals surface area contributed by atoms with Crippen LogP contribution in [-0.4, -0.2) is 22.9 Å². The van der Waals surface area contributed by atoms with Crippen molar-refractivity contribution in [2.45, 2.75) is 41.2 Å². The molecular formula is C17H22N2O3. The third-order valence-corrected chi connectivity index (χ3v) is 3.21. The Balaban J connectivity index is 3.06. The fourth-order valence-electron chi connectivity index (χ4n) is 2.16. The molecule has 0 aliphatic heterocycles. The normalized spacial score (nSPS) is 11.4. The van der Waals surface area contributed by atoms with Crippen LogP contribution in [0.3, 0.4) is 0 Å². The average molecular weight is 302 g/mol. The maximum absolute atomic E-state index is 11.8. The van der Waals surface area contributed by atoms with Gasteiger partial charge in [0.15, 0.2) is 5.78 Å². The number of ether oxygens (including phenoxy) is 1. The van der Waals surface area contributed by atoms with Crippen LogP contribution in [0.4, 0.5) is 0 Å². The van der Waals surface area contributed by atoms with Crippen molar-refractivity contribution in [3.05, 3.63) is 28.6 Å². The summed E-state index contributed by atoms with van der Waals surface area (Å²) in [5, 5.41) is 9.12. The molecule has 0 radical (unpaired) electrons. The van der Waals surface area contributed by atoms with Crippen molar-refractivity contribution >= 4 is 17.8 Å². The lowest BCUT2D eigenvalue weighted by Crippen LogP contribution is -2.12. The van der Waals surface area contributed by atoms with E-state index in [4.69, 9.17) is 10.00 Å². The SMILES string of the molecule is CC(=O)COC(=O)/C(C#N)=C/c1cc(C)n(CC(C)C)c1C. The first-order chi connectivity index (χ1) is 10.3. The molecule has 1 aromatic rings. The van der Waals surface area contributed by atoms with E-state index in [-0.39, 0.29) is 18.0 Å². The molecule has 1 aromatic heterocycles. The summed E-state index contributed by atoms with van der Waals surface area (Å²) in [6.07, 6.45) is 1.52. The Kier molecular flexibility index (Phi) is 6.11. The summed E-state index contributed by atoms with van der Waals surface area (Å²) >= 11 is 0. The molecule has 0 amide bonds. The van der Waals surface area contributed by atoms with Crippen LogP contribution in [0.1, 0.15) is 37.7 Å². The highest BCUT2D eigenvalue weighted by Crippen LogP contribution is 2.20. The molecular weight excluding hydrogens is 280 g/mol. The van der Waals surface area contributed by atoms with Crippen LogP contribution >= 0.6 is 0 Å². The molecule has 0 fully saturated rings. The molecule has 5 heteroatoms. The second-order valence-electron chi connectivity index (χ2n) is 5.78. The van der Waals surface area contributed by atoms with E-state index in [1.165, 1.54) is 13.0 Å². The lowest BCUT2D eigenvalue weighted by atomic mass is 10.1. The zero-order chi connectivity index (χ0) is 16.9. The minimum Gasteiger partial charge on any atom is -0.454 e. The van der Waals surface area contributed by atoms with Gasteiger partial charge in [0.1, 0.15) is 18.2 Å². The number of Topliss-reactive ketones (excluding diaryl/α,β-unsaturated/α-hetero) is 1. The summed E-state index contributed by atoms with van der Waals surface area (Å²) in [7, 11) is 0. The number of aryl methyl sites for hydroxylation is 1. The van der Waals surface area contributed by atoms with Gasteiger partial charge in [-0.2, -0.15) is 5.26 Å². The molecule has 0 aliphatic carbocycles. The molecule has 0 bridgehead atoms. The highest BCUT2D eigenvalue weighted by Gasteiger charge is 2.15. The fourth-order valence-corrected chi connectivity index (χ4v) is 2.16. The van der Waals surface area contributed by atoms with E-state index in [1.54, 1.807) is 0 Å². The van der Waals surface area contributed by atoms with Crippen molar-refractivity contribution in [3.8, 4) is 6.07 Å². The second-order valence-corrected chi connectivity index (χ2v) is 5.78. The average Bonchev–Trinajstić information content (AvgIpc) is 2.69. The Morgan fingerprint density at radius 2 is 2.05 bits per heavy atom. The Hall–Kier alpha value is -2.35. The van der Waals surface area contributed by atoms with Crippen LogP contribution in [-0.2, 0) is 20.9 Å². The highest BCUT2D eigenvalue weighted by molar-refractivity contribution is 5.99. The summed E-state index contributed by atoms with van der Waals surface area (Å²) in [6.45, 7) is 10.1. The molecule has 5 nitrogen and oxygen atoms in total. The van der Waals surface area contributed by atoms with Gasteiger partial charge < -0.3 is 9.30 Å². The zero-order valence-electron chi connectivity index (χ0n) is 13.8. The van der Waals surface area contributed by atoms with Gasteiger partial charge in [-0.3, -0.25) is 4.79 Å². The smallest absolute Gasteiger partial charge is 0.349 e.